The summed E-state index contributed by atoms with van der Waals surface area (Å²) < 4.78 is 26.5. The molecule has 1 aromatic carbocycles. The highest BCUT2D eigenvalue weighted by Gasteiger charge is 2.20. The lowest BCUT2D eigenvalue weighted by molar-refractivity contribution is -0.385. The smallest absolute Gasteiger partial charge is 0.258 e. The molecule has 0 aliphatic heterocycles. The summed E-state index contributed by atoms with van der Waals surface area (Å²) in [5, 5.41) is 10.6. The second-order valence-electron chi connectivity index (χ2n) is 3.89. The van der Waals surface area contributed by atoms with Crippen LogP contribution in [-0.2, 0) is 10.0 Å². The van der Waals surface area contributed by atoms with Gasteiger partial charge in [-0.25, -0.2) is 13.1 Å². The van der Waals surface area contributed by atoms with Crippen LogP contribution in [0.2, 0.25) is 0 Å². The van der Waals surface area contributed by atoms with E-state index in [0.29, 0.717) is 12.8 Å². The maximum absolute atomic E-state index is 12.0. The average molecular weight is 272 g/mol. The highest BCUT2D eigenvalue weighted by molar-refractivity contribution is 7.89. The molecule has 0 saturated carbocycles. The Bertz CT molecular complexity index is 524. The highest BCUT2D eigenvalue weighted by atomic mass is 32.2. The molecule has 0 aliphatic rings. The minimum atomic E-state index is -3.69. The standard InChI is InChI=1S/C11H16N2O4S/c1-3-9(4-2)12-18(16,17)11-7-5-6-10(8-11)13(14)15/h5-9,12H,3-4H2,1-2H3. The fraction of sp³-hybridized carbons (Fsp3) is 0.455. The number of nitrogens with one attached hydrogen (secondary N) is 1. The van der Waals surface area contributed by atoms with Gasteiger partial charge in [-0.3, -0.25) is 10.1 Å². The van der Waals surface area contributed by atoms with E-state index in [1.165, 1.54) is 18.2 Å². The predicted molar refractivity (Wildman–Crippen MR) is 67.8 cm³/mol. The van der Waals surface area contributed by atoms with Gasteiger partial charge in [-0.15, -0.1) is 0 Å². The summed E-state index contributed by atoms with van der Waals surface area (Å²) in [5.41, 5.74) is -0.234. The van der Waals surface area contributed by atoms with Crippen molar-refractivity contribution in [1.82, 2.24) is 4.72 Å². The van der Waals surface area contributed by atoms with Crippen molar-refractivity contribution in [2.45, 2.75) is 37.6 Å². The molecule has 0 bridgehead atoms. The number of hydrogen-bond acceptors (Lipinski definition) is 4. The van der Waals surface area contributed by atoms with Gasteiger partial charge in [-0.05, 0) is 18.9 Å². The molecule has 0 fully saturated rings. The fourth-order valence-corrected chi connectivity index (χ4v) is 2.95. The van der Waals surface area contributed by atoms with Crippen LogP contribution in [0.1, 0.15) is 26.7 Å². The van der Waals surface area contributed by atoms with Crippen LogP contribution in [-0.4, -0.2) is 19.4 Å². The molecule has 1 aromatic rings. The molecule has 0 unspecified atom stereocenters. The molecule has 0 heterocycles. The van der Waals surface area contributed by atoms with Gasteiger partial charge in [0.15, 0.2) is 0 Å². The van der Waals surface area contributed by atoms with Crippen molar-refractivity contribution in [2.24, 2.45) is 0 Å². The van der Waals surface area contributed by atoms with Crippen LogP contribution in [0.25, 0.3) is 0 Å². The lowest BCUT2D eigenvalue weighted by Crippen LogP contribution is -2.33. The number of sulfonamides is 1. The molecule has 0 amide bonds. The number of nitro groups is 1. The third-order valence-electron chi connectivity index (χ3n) is 2.65. The van der Waals surface area contributed by atoms with Crippen molar-refractivity contribution in [3.05, 3.63) is 34.4 Å². The molecule has 0 spiro atoms. The van der Waals surface area contributed by atoms with E-state index in [1.807, 2.05) is 13.8 Å². The van der Waals surface area contributed by atoms with E-state index >= 15 is 0 Å². The minimum absolute atomic E-state index is 0.0800. The number of nitro benzene ring substituents is 1. The lowest BCUT2D eigenvalue weighted by Gasteiger charge is -2.14. The van der Waals surface area contributed by atoms with E-state index < -0.39 is 14.9 Å². The Hall–Kier alpha value is -1.47. The van der Waals surface area contributed by atoms with Crippen LogP contribution in [0.4, 0.5) is 5.69 Å². The summed E-state index contributed by atoms with van der Waals surface area (Å²) in [7, 11) is -3.69. The van der Waals surface area contributed by atoms with Crippen molar-refractivity contribution in [3.8, 4) is 0 Å². The summed E-state index contributed by atoms with van der Waals surface area (Å²) in [6.07, 6.45) is 1.34. The first-order valence-corrected chi connectivity index (χ1v) is 7.15. The quantitative estimate of drug-likeness (QED) is 0.634. The Labute approximate surface area is 106 Å². The zero-order valence-electron chi connectivity index (χ0n) is 10.3. The number of hydrogen-bond donors (Lipinski definition) is 1. The third-order valence-corrected chi connectivity index (χ3v) is 4.16. The predicted octanol–water partition coefficient (Wildman–Crippen LogP) is 2.06. The normalized spacial score (nSPS) is 11.7. The Balaban J connectivity index is 3.05. The Morgan fingerprint density at radius 1 is 1.33 bits per heavy atom. The summed E-state index contributed by atoms with van der Waals surface area (Å²) in [6.45, 7) is 3.76. The van der Waals surface area contributed by atoms with Gasteiger partial charge >= 0.3 is 0 Å². The van der Waals surface area contributed by atoms with Gasteiger partial charge in [-0.2, -0.15) is 0 Å². The molecule has 6 nitrogen and oxygen atoms in total. The topological polar surface area (TPSA) is 89.3 Å². The van der Waals surface area contributed by atoms with E-state index in [-0.39, 0.29) is 16.6 Å². The van der Waals surface area contributed by atoms with E-state index in [1.54, 1.807) is 0 Å². The Morgan fingerprint density at radius 3 is 2.44 bits per heavy atom. The number of non-ortho nitro benzene ring substituents is 1. The summed E-state index contributed by atoms with van der Waals surface area (Å²) in [5.74, 6) is 0. The van der Waals surface area contributed by atoms with Gasteiger partial charge in [0.25, 0.3) is 5.69 Å². The zero-order chi connectivity index (χ0) is 13.8. The molecule has 0 radical (unpaired) electrons. The van der Waals surface area contributed by atoms with Crippen LogP contribution in [0, 0.1) is 10.1 Å². The summed E-state index contributed by atoms with van der Waals surface area (Å²) >= 11 is 0. The number of nitrogens with zero attached hydrogens (tertiary/aromatic N) is 1. The van der Waals surface area contributed by atoms with E-state index in [2.05, 4.69) is 4.72 Å². The Kier molecular flexibility index (Phi) is 4.80. The first kappa shape index (κ1) is 14.6. The summed E-state index contributed by atoms with van der Waals surface area (Å²) in [6, 6.07) is 4.87. The van der Waals surface area contributed by atoms with Gasteiger partial charge in [0.05, 0.1) is 9.82 Å². The van der Waals surface area contributed by atoms with Gasteiger partial charge in [0, 0.05) is 18.2 Å². The molecule has 0 saturated heterocycles. The van der Waals surface area contributed by atoms with Crippen LogP contribution >= 0.6 is 0 Å². The molecular formula is C11H16N2O4S. The molecule has 100 valence electrons. The molecule has 1 rings (SSSR count). The second kappa shape index (κ2) is 5.92. The lowest BCUT2D eigenvalue weighted by atomic mass is 10.2. The summed E-state index contributed by atoms with van der Waals surface area (Å²) in [4.78, 5) is 9.91. The van der Waals surface area contributed by atoms with E-state index in [9.17, 15) is 18.5 Å². The fourth-order valence-electron chi connectivity index (χ4n) is 1.51. The molecule has 0 atom stereocenters. The first-order valence-electron chi connectivity index (χ1n) is 5.67. The largest absolute Gasteiger partial charge is 0.270 e. The zero-order valence-corrected chi connectivity index (χ0v) is 11.1. The molecule has 0 aromatic heterocycles. The second-order valence-corrected chi connectivity index (χ2v) is 5.60. The average Bonchev–Trinajstić information content (AvgIpc) is 2.36. The van der Waals surface area contributed by atoms with Crippen molar-refractivity contribution in [2.75, 3.05) is 0 Å². The van der Waals surface area contributed by atoms with Crippen LogP contribution in [0.15, 0.2) is 29.2 Å². The third kappa shape index (κ3) is 3.51. The first-order chi connectivity index (χ1) is 8.40. The van der Waals surface area contributed by atoms with Crippen LogP contribution < -0.4 is 4.72 Å². The molecular weight excluding hydrogens is 256 g/mol. The molecule has 7 heteroatoms. The minimum Gasteiger partial charge on any atom is -0.258 e. The maximum Gasteiger partial charge on any atom is 0.270 e. The van der Waals surface area contributed by atoms with E-state index in [4.69, 9.17) is 0 Å². The van der Waals surface area contributed by atoms with Gasteiger partial charge in [-0.1, -0.05) is 19.9 Å². The van der Waals surface area contributed by atoms with Crippen molar-refractivity contribution in [3.63, 3.8) is 0 Å². The van der Waals surface area contributed by atoms with Crippen molar-refractivity contribution >= 4 is 15.7 Å². The van der Waals surface area contributed by atoms with Crippen molar-refractivity contribution in [1.29, 1.82) is 0 Å². The van der Waals surface area contributed by atoms with Crippen molar-refractivity contribution < 1.29 is 13.3 Å². The highest BCUT2D eigenvalue weighted by Crippen LogP contribution is 2.17. The molecule has 0 aliphatic carbocycles. The van der Waals surface area contributed by atoms with Crippen LogP contribution in [0.3, 0.4) is 0 Å². The molecule has 18 heavy (non-hydrogen) atoms. The maximum atomic E-state index is 12.0. The molecule has 1 N–H and O–H groups in total. The van der Waals surface area contributed by atoms with Crippen LogP contribution in [0.5, 0.6) is 0 Å². The van der Waals surface area contributed by atoms with Gasteiger partial charge < -0.3 is 0 Å². The monoisotopic (exact) mass is 272 g/mol. The number of rotatable bonds is 6. The van der Waals surface area contributed by atoms with E-state index in [0.717, 1.165) is 6.07 Å². The SMILES string of the molecule is CCC(CC)NS(=O)(=O)c1cccc([N+](=O)[O-])c1. The number of benzene rings is 1. The van der Waals surface area contributed by atoms with Gasteiger partial charge in [0.1, 0.15) is 0 Å². The Morgan fingerprint density at radius 2 is 1.94 bits per heavy atom. The van der Waals surface area contributed by atoms with Gasteiger partial charge in [0.2, 0.25) is 10.0 Å².